The number of carbonyl (C=O) groups is 2. The Morgan fingerprint density at radius 1 is 1.09 bits per heavy atom. The molecule has 0 aliphatic heterocycles. The van der Waals surface area contributed by atoms with Crippen molar-refractivity contribution in [3.8, 4) is 0 Å². The van der Waals surface area contributed by atoms with Crippen LogP contribution in [-0.4, -0.2) is 23.3 Å². The lowest BCUT2D eigenvalue weighted by Crippen LogP contribution is -2.14. The van der Waals surface area contributed by atoms with E-state index in [1.165, 1.54) is 30.3 Å². The predicted molar refractivity (Wildman–Crippen MR) is 74.1 cm³/mol. The molecule has 0 N–H and O–H groups in total. The number of benzene rings is 2. The highest BCUT2D eigenvalue weighted by Gasteiger charge is 2.14. The van der Waals surface area contributed by atoms with Gasteiger partial charge in [-0.1, -0.05) is 12.1 Å². The molecule has 2 aromatic carbocycles. The molecule has 0 unspecified atom stereocenters. The number of hydrogen-bond donors (Lipinski definition) is 0. The van der Waals surface area contributed by atoms with Crippen molar-refractivity contribution in [1.82, 2.24) is 0 Å². The number of halogens is 1. The predicted octanol–water partition coefficient (Wildman–Crippen LogP) is 2.77. The van der Waals surface area contributed by atoms with Crippen LogP contribution in [0.15, 0.2) is 48.5 Å². The number of ketones is 1. The maximum atomic E-state index is 12.7. The van der Waals surface area contributed by atoms with Gasteiger partial charge >= 0.3 is 5.97 Å². The van der Waals surface area contributed by atoms with Crippen LogP contribution in [0.2, 0.25) is 0 Å². The number of rotatable bonds is 5. The van der Waals surface area contributed by atoms with Crippen molar-refractivity contribution in [3.63, 3.8) is 0 Å². The number of ether oxygens (including phenoxy) is 1. The Morgan fingerprint density at radius 2 is 1.77 bits per heavy atom. The molecule has 0 radical (unpaired) electrons. The van der Waals surface area contributed by atoms with E-state index in [0.717, 1.165) is 18.2 Å². The Hall–Kier alpha value is -3.09. The van der Waals surface area contributed by atoms with E-state index < -0.39 is 29.1 Å². The van der Waals surface area contributed by atoms with Gasteiger partial charge in [-0.05, 0) is 24.3 Å². The molecule has 0 saturated carbocycles. The molecule has 0 atom stereocenters. The van der Waals surface area contributed by atoms with Crippen molar-refractivity contribution in [2.45, 2.75) is 0 Å². The number of nitro benzene ring substituents is 1. The van der Waals surface area contributed by atoms with E-state index in [4.69, 9.17) is 4.74 Å². The number of Topliss-reactive ketones (excluding diaryl/α,β-unsaturated/α-hetero) is 1. The zero-order chi connectivity index (χ0) is 16.1. The van der Waals surface area contributed by atoms with E-state index in [0.29, 0.717) is 0 Å². The topological polar surface area (TPSA) is 86.5 Å². The van der Waals surface area contributed by atoms with Crippen LogP contribution in [0.4, 0.5) is 10.1 Å². The fourth-order valence-corrected chi connectivity index (χ4v) is 1.68. The Balaban J connectivity index is 2.00. The van der Waals surface area contributed by atoms with Crippen LogP contribution in [0.3, 0.4) is 0 Å². The van der Waals surface area contributed by atoms with Gasteiger partial charge in [0.15, 0.2) is 6.61 Å². The van der Waals surface area contributed by atoms with E-state index in [1.807, 2.05) is 0 Å². The third-order valence-electron chi connectivity index (χ3n) is 2.79. The standard InChI is InChI=1S/C15H10FNO5/c16-12-6-4-10(5-7-12)15(19)22-9-14(18)11-2-1-3-13(8-11)17(20)21/h1-8H,9H2. The van der Waals surface area contributed by atoms with Gasteiger partial charge in [0.1, 0.15) is 5.82 Å². The van der Waals surface area contributed by atoms with Gasteiger partial charge in [-0.3, -0.25) is 14.9 Å². The first-order valence-electron chi connectivity index (χ1n) is 6.18. The average Bonchev–Trinajstić information content (AvgIpc) is 2.53. The lowest BCUT2D eigenvalue weighted by atomic mass is 10.1. The third-order valence-corrected chi connectivity index (χ3v) is 2.79. The molecule has 7 heteroatoms. The fourth-order valence-electron chi connectivity index (χ4n) is 1.68. The maximum Gasteiger partial charge on any atom is 0.338 e. The Bertz CT molecular complexity index is 727. The molecule has 6 nitrogen and oxygen atoms in total. The summed E-state index contributed by atoms with van der Waals surface area (Å²) in [6, 6.07) is 9.77. The molecule has 0 aliphatic carbocycles. The normalized spacial score (nSPS) is 10.0. The number of esters is 1. The molecule has 2 rings (SSSR count). The van der Waals surface area contributed by atoms with Crippen LogP contribution in [0, 0.1) is 15.9 Å². The van der Waals surface area contributed by atoms with Crippen LogP contribution in [-0.2, 0) is 4.74 Å². The Labute approximate surface area is 124 Å². The molecular weight excluding hydrogens is 293 g/mol. The average molecular weight is 303 g/mol. The SMILES string of the molecule is O=C(COC(=O)c1ccc(F)cc1)c1cccc([N+](=O)[O-])c1. The lowest BCUT2D eigenvalue weighted by Gasteiger charge is -2.04. The minimum Gasteiger partial charge on any atom is -0.454 e. The monoisotopic (exact) mass is 303 g/mol. The summed E-state index contributed by atoms with van der Waals surface area (Å²) >= 11 is 0. The van der Waals surface area contributed by atoms with Gasteiger partial charge in [-0.2, -0.15) is 0 Å². The maximum absolute atomic E-state index is 12.7. The summed E-state index contributed by atoms with van der Waals surface area (Å²) in [6.45, 7) is -0.558. The van der Waals surface area contributed by atoms with Gasteiger partial charge in [0, 0.05) is 17.7 Å². The van der Waals surface area contributed by atoms with Gasteiger partial charge in [0.2, 0.25) is 5.78 Å². The van der Waals surface area contributed by atoms with Gasteiger partial charge in [0.25, 0.3) is 5.69 Å². The van der Waals surface area contributed by atoms with E-state index >= 15 is 0 Å². The molecule has 0 aromatic heterocycles. The van der Waals surface area contributed by atoms with Crippen molar-refractivity contribution >= 4 is 17.4 Å². The molecule has 0 amide bonds. The van der Waals surface area contributed by atoms with E-state index in [-0.39, 0.29) is 16.8 Å². The zero-order valence-electron chi connectivity index (χ0n) is 11.2. The minimum absolute atomic E-state index is 0.0705. The van der Waals surface area contributed by atoms with Crippen LogP contribution in [0.5, 0.6) is 0 Å². The number of nitro groups is 1. The van der Waals surface area contributed by atoms with E-state index in [2.05, 4.69) is 0 Å². The molecule has 0 heterocycles. The Morgan fingerprint density at radius 3 is 2.41 bits per heavy atom. The summed E-state index contributed by atoms with van der Waals surface area (Å²) < 4.78 is 17.5. The number of non-ortho nitro benzene ring substituents is 1. The Kier molecular flexibility index (Phi) is 4.57. The first-order chi connectivity index (χ1) is 10.5. The van der Waals surface area contributed by atoms with Crippen molar-refractivity contribution in [3.05, 3.63) is 75.6 Å². The first kappa shape index (κ1) is 15.3. The largest absolute Gasteiger partial charge is 0.454 e. The summed E-state index contributed by atoms with van der Waals surface area (Å²) in [4.78, 5) is 33.5. The second kappa shape index (κ2) is 6.57. The summed E-state index contributed by atoms with van der Waals surface area (Å²) in [7, 11) is 0. The number of carbonyl (C=O) groups excluding carboxylic acids is 2. The highest BCUT2D eigenvalue weighted by Crippen LogP contribution is 2.14. The van der Waals surface area contributed by atoms with E-state index in [9.17, 15) is 24.1 Å². The van der Waals surface area contributed by atoms with Crippen LogP contribution in [0.25, 0.3) is 0 Å². The molecule has 0 bridgehead atoms. The molecule has 112 valence electrons. The summed E-state index contributed by atoms with van der Waals surface area (Å²) in [5.74, 6) is -1.85. The van der Waals surface area contributed by atoms with Crippen LogP contribution in [0.1, 0.15) is 20.7 Å². The first-order valence-corrected chi connectivity index (χ1v) is 6.18. The van der Waals surface area contributed by atoms with Crippen molar-refractivity contribution in [1.29, 1.82) is 0 Å². The molecule has 0 aliphatic rings. The van der Waals surface area contributed by atoms with Crippen LogP contribution >= 0.6 is 0 Å². The lowest BCUT2D eigenvalue weighted by molar-refractivity contribution is -0.384. The molecule has 0 saturated heterocycles. The summed E-state index contributed by atoms with van der Waals surface area (Å²) in [6.07, 6.45) is 0. The quantitative estimate of drug-likeness (QED) is 0.367. The van der Waals surface area contributed by atoms with Crippen molar-refractivity contribution in [2.24, 2.45) is 0 Å². The highest BCUT2D eigenvalue weighted by molar-refractivity contribution is 5.99. The van der Waals surface area contributed by atoms with Gasteiger partial charge in [-0.25, -0.2) is 9.18 Å². The van der Waals surface area contributed by atoms with Gasteiger partial charge in [0.05, 0.1) is 10.5 Å². The minimum atomic E-state index is -0.779. The third kappa shape index (κ3) is 3.72. The molecule has 22 heavy (non-hydrogen) atoms. The molecular formula is C15H10FNO5. The number of hydrogen-bond acceptors (Lipinski definition) is 5. The number of nitrogens with zero attached hydrogens (tertiary/aromatic N) is 1. The second-order valence-corrected chi connectivity index (χ2v) is 4.31. The highest BCUT2D eigenvalue weighted by atomic mass is 19.1. The van der Waals surface area contributed by atoms with Crippen LogP contribution < -0.4 is 0 Å². The molecule has 0 fully saturated rings. The fraction of sp³-hybridized carbons (Fsp3) is 0.0667. The van der Waals surface area contributed by atoms with Gasteiger partial charge in [-0.15, -0.1) is 0 Å². The summed E-state index contributed by atoms with van der Waals surface area (Å²) in [5.41, 5.74) is -0.0509. The molecule has 0 spiro atoms. The zero-order valence-corrected chi connectivity index (χ0v) is 11.2. The molecule has 2 aromatic rings. The summed E-state index contributed by atoms with van der Waals surface area (Å²) in [5, 5.41) is 10.6. The second-order valence-electron chi connectivity index (χ2n) is 4.31. The van der Waals surface area contributed by atoms with E-state index in [1.54, 1.807) is 0 Å². The van der Waals surface area contributed by atoms with Gasteiger partial charge < -0.3 is 4.74 Å². The smallest absolute Gasteiger partial charge is 0.338 e. The van der Waals surface area contributed by atoms with Crippen molar-refractivity contribution in [2.75, 3.05) is 6.61 Å². The van der Waals surface area contributed by atoms with Crippen molar-refractivity contribution < 1.29 is 23.6 Å².